The van der Waals surface area contributed by atoms with Gasteiger partial charge in [0.2, 0.25) is 10.0 Å². The van der Waals surface area contributed by atoms with Crippen molar-refractivity contribution in [3.8, 4) is 0 Å². The standard InChI is InChI=1S/C11H15BrClNO3S/c1-14(7-9-17-8-6-12)18(15,16)11-5-3-2-4-10(11)13/h2-5H,6-9H2,1H3. The van der Waals surface area contributed by atoms with Crippen LogP contribution >= 0.6 is 27.5 Å². The molecule has 0 saturated heterocycles. The molecule has 1 aromatic carbocycles. The number of nitrogens with zero attached hydrogens (tertiary/aromatic N) is 1. The van der Waals surface area contributed by atoms with Gasteiger partial charge in [-0.3, -0.25) is 0 Å². The summed E-state index contributed by atoms with van der Waals surface area (Å²) in [5, 5.41) is 0.958. The molecule has 0 aliphatic rings. The number of likely N-dealkylation sites (N-methyl/N-ethyl adjacent to an activating group) is 1. The Kier molecular flexibility index (Phi) is 6.59. The molecule has 0 saturated carbocycles. The second-order valence-corrected chi connectivity index (χ2v) is 6.77. The van der Waals surface area contributed by atoms with Crippen LogP contribution < -0.4 is 0 Å². The first kappa shape index (κ1) is 15.9. The highest BCUT2D eigenvalue weighted by Gasteiger charge is 2.22. The maximum atomic E-state index is 12.2. The number of hydrogen-bond donors (Lipinski definition) is 0. The van der Waals surface area contributed by atoms with Crippen LogP contribution in [0.2, 0.25) is 5.02 Å². The number of alkyl halides is 1. The first-order valence-corrected chi connectivity index (χ1v) is 8.28. The quantitative estimate of drug-likeness (QED) is 0.556. The van der Waals surface area contributed by atoms with Crippen LogP contribution in [0.5, 0.6) is 0 Å². The van der Waals surface area contributed by atoms with E-state index in [1.807, 2.05) is 0 Å². The van der Waals surface area contributed by atoms with Gasteiger partial charge in [0.25, 0.3) is 0 Å². The van der Waals surface area contributed by atoms with Gasteiger partial charge in [-0.15, -0.1) is 0 Å². The molecule has 1 rings (SSSR count). The smallest absolute Gasteiger partial charge is 0.244 e. The lowest BCUT2D eigenvalue weighted by Crippen LogP contribution is -2.30. The lowest BCUT2D eigenvalue weighted by atomic mass is 10.4. The maximum Gasteiger partial charge on any atom is 0.244 e. The number of halogens is 2. The molecule has 0 N–H and O–H groups in total. The first-order valence-electron chi connectivity index (χ1n) is 5.34. The van der Waals surface area contributed by atoms with Gasteiger partial charge in [0.05, 0.1) is 18.2 Å². The largest absolute Gasteiger partial charge is 0.379 e. The van der Waals surface area contributed by atoms with Gasteiger partial charge in [0.1, 0.15) is 4.90 Å². The monoisotopic (exact) mass is 355 g/mol. The summed E-state index contributed by atoms with van der Waals surface area (Å²) in [7, 11) is -2.04. The van der Waals surface area contributed by atoms with Crippen LogP contribution in [0.1, 0.15) is 0 Å². The Morgan fingerprint density at radius 2 is 2.00 bits per heavy atom. The lowest BCUT2D eigenvalue weighted by Gasteiger charge is -2.17. The molecule has 0 atom stereocenters. The summed E-state index contributed by atoms with van der Waals surface area (Å²) in [6.07, 6.45) is 0. The molecular weight excluding hydrogens is 342 g/mol. The van der Waals surface area contributed by atoms with Crippen LogP contribution in [0.15, 0.2) is 29.2 Å². The van der Waals surface area contributed by atoms with E-state index in [0.717, 1.165) is 5.33 Å². The van der Waals surface area contributed by atoms with Gasteiger partial charge in [-0.1, -0.05) is 39.7 Å². The fraction of sp³-hybridized carbons (Fsp3) is 0.455. The Bertz CT molecular complexity index is 481. The zero-order valence-electron chi connectivity index (χ0n) is 9.97. The minimum atomic E-state index is -3.55. The molecule has 4 nitrogen and oxygen atoms in total. The number of sulfonamides is 1. The van der Waals surface area contributed by atoms with Crippen molar-refractivity contribution in [2.45, 2.75) is 4.90 Å². The minimum absolute atomic E-state index is 0.120. The summed E-state index contributed by atoms with van der Waals surface area (Å²) >= 11 is 9.12. The number of rotatable bonds is 7. The van der Waals surface area contributed by atoms with E-state index in [-0.39, 0.29) is 9.92 Å². The van der Waals surface area contributed by atoms with E-state index >= 15 is 0 Å². The fourth-order valence-corrected chi connectivity index (χ4v) is 3.16. The van der Waals surface area contributed by atoms with Gasteiger partial charge >= 0.3 is 0 Å². The first-order chi connectivity index (χ1) is 8.50. The Labute approximate surface area is 121 Å². The predicted molar refractivity (Wildman–Crippen MR) is 75.9 cm³/mol. The number of hydrogen-bond acceptors (Lipinski definition) is 3. The normalized spacial score (nSPS) is 12.0. The van der Waals surface area contributed by atoms with Gasteiger partial charge in [-0.05, 0) is 12.1 Å². The summed E-state index contributed by atoms with van der Waals surface area (Å²) in [6, 6.07) is 6.39. The minimum Gasteiger partial charge on any atom is -0.379 e. The molecule has 102 valence electrons. The number of ether oxygens (including phenoxy) is 1. The molecule has 0 bridgehead atoms. The highest BCUT2D eigenvalue weighted by atomic mass is 79.9. The highest BCUT2D eigenvalue weighted by molar-refractivity contribution is 9.09. The van der Waals surface area contributed by atoms with Crippen LogP contribution in [0, 0.1) is 0 Å². The van der Waals surface area contributed by atoms with Crippen molar-refractivity contribution in [2.24, 2.45) is 0 Å². The van der Waals surface area contributed by atoms with Crippen LogP contribution in [-0.2, 0) is 14.8 Å². The summed E-state index contributed by atoms with van der Waals surface area (Å²) in [5.41, 5.74) is 0. The number of benzene rings is 1. The molecule has 0 spiro atoms. The highest BCUT2D eigenvalue weighted by Crippen LogP contribution is 2.23. The molecular formula is C11H15BrClNO3S. The topological polar surface area (TPSA) is 46.6 Å². The zero-order valence-corrected chi connectivity index (χ0v) is 13.1. The maximum absolute atomic E-state index is 12.2. The second-order valence-electron chi connectivity index (χ2n) is 3.56. The van der Waals surface area contributed by atoms with Crippen molar-refractivity contribution in [1.29, 1.82) is 0 Å². The summed E-state index contributed by atoms with van der Waals surface area (Å²) < 4.78 is 30.9. The van der Waals surface area contributed by atoms with Gasteiger partial charge < -0.3 is 4.74 Å². The van der Waals surface area contributed by atoms with E-state index < -0.39 is 10.0 Å². The third kappa shape index (κ3) is 4.20. The van der Waals surface area contributed by atoms with E-state index in [4.69, 9.17) is 16.3 Å². The van der Waals surface area contributed by atoms with Gasteiger partial charge in [-0.25, -0.2) is 8.42 Å². The molecule has 0 aliphatic carbocycles. The molecule has 0 unspecified atom stereocenters. The Morgan fingerprint density at radius 1 is 1.33 bits per heavy atom. The third-order valence-corrected chi connectivity index (χ3v) is 4.98. The van der Waals surface area contributed by atoms with Crippen molar-refractivity contribution in [3.05, 3.63) is 29.3 Å². The fourth-order valence-electron chi connectivity index (χ4n) is 1.29. The molecule has 18 heavy (non-hydrogen) atoms. The van der Waals surface area contributed by atoms with Crippen molar-refractivity contribution < 1.29 is 13.2 Å². The Hall–Kier alpha value is -0.140. The predicted octanol–water partition coefficient (Wildman–Crippen LogP) is 2.37. The summed E-state index contributed by atoms with van der Waals surface area (Å²) in [6.45, 7) is 1.20. The van der Waals surface area contributed by atoms with Crippen LogP contribution in [0.3, 0.4) is 0 Å². The van der Waals surface area contributed by atoms with Crippen molar-refractivity contribution in [2.75, 3.05) is 32.1 Å². The zero-order chi connectivity index (χ0) is 13.6. The van der Waals surface area contributed by atoms with Crippen molar-refractivity contribution in [3.63, 3.8) is 0 Å². The van der Waals surface area contributed by atoms with Gasteiger partial charge in [0, 0.05) is 18.9 Å². The molecule has 0 heterocycles. The summed E-state index contributed by atoms with van der Waals surface area (Å²) in [4.78, 5) is 0.120. The molecule has 1 aromatic rings. The average Bonchev–Trinajstić information content (AvgIpc) is 2.34. The molecule has 0 fully saturated rings. The van der Waals surface area contributed by atoms with Gasteiger partial charge in [0.15, 0.2) is 0 Å². The SMILES string of the molecule is CN(CCOCCBr)S(=O)(=O)c1ccccc1Cl. The lowest BCUT2D eigenvalue weighted by molar-refractivity contribution is 0.141. The third-order valence-electron chi connectivity index (χ3n) is 2.30. The second kappa shape index (κ2) is 7.45. The van der Waals surface area contributed by atoms with E-state index in [1.54, 1.807) is 18.2 Å². The molecule has 7 heteroatoms. The molecule has 0 amide bonds. The van der Waals surface area contributed by atoms with Gasteiger partial charge in [-0.2, -0.15) is 4.31 Å². The van der Waals surface area contributed by atoms with Crippen LogP contribution in [-0.4, -0.2) is 44.9 Å². The van der Waals surface area contributed by atoms with Crippen LogP contribution in [0.25, 0.3) is 0 Å². The molecule has 0 aliphatic heterocycles. The van der Waals surface area contributed by atoms with E-state index in [2.05, 4.69) is 15.9 Å². The molecule has 0 aromatic heterocycles. The van der Waals surface area contributed by atoms with E-state index in [1.165, 1.54) is 17.4 Å². The Morgan fingerprint density at radius 3 is 2.61 bits per heavy atom. The average molecular weight is 357 g/mol. The van der Waals surface area contributed by atoms with Crippen LogP contribution in [0.4, 0.5) is 0 Å². The summed E-state index contributed by atoms with van der Waals surface area (Å²) in [5.74, 6) is 0. The molecule has 0 radical (unpaired) electrons. The Balaban J connectivity index is 2.72. The van der Waals surface area contributed by atoms with Crippen molar-refractivity contribution in [1.82, 2.24) is 4.31 Å². The van der Waals surface area contributed by atoms with E-state index in [0.29, 0.717) is 19.8 Å². The van der Waals surface area contributed by atoms with E-state index in [9.17, 15) is 8.42 Å². The van der Waals surface area contributed by atoms with Crippen molar-refractivity contribution >= 4 is 37.6 Å².